The smallest absolute Gasteiger partial charge is 0.286 e. The number of rotatable bonds is 6. The molecule has 2 aromatic carbocycles. The van der Waals surface area contributed by atoms with E-state index in [0.29, 0.717) is 5.69 Å². The van der Waals surface area contributed by atoms with Crippen LogP contribution >= 0.6 is 0 Å². The summed E-state index contributed by atoms with van der Waals surface area (Å²) in [5, 5.41) is 14.1. The third kappa shape index (κ3) is 3.88. The minimum atomic E-state index is -0.620. The SMILES string of the molecule is COc1cc(C(=O)Nc2ccccc2C(C)C)c([N+](=O)[O-])cc1OC. The van der Waals surface area contributed by atoms with Crippen LogP contribution < -0.4 is 14.8 Å². The highest BCUT2D eigenvalue weighted by atomic mass is 16.6. The highest BCUT2D eigenvalue weighted by Crippen LogP contribution is 2.35. The lowest BCUT2D eigenvalue weighted by Gasteiger charge is -2.14. The number of carbonyl (C=O) groups excluding carboxylic acids is 1. The molecule has 0 saturated heterocycles. The van der Waals surface area contributed by atoms with Crippen LogP contribution in [0.1, 0.15) is 35.7 Å². The van der Waals surface area contributed by atoms with Crippen molar-refractivity contribution in [3.63, 3.8) is 0 Å². The lowest BCUT2D eigenvalue weighted by molar-refractivity contribution is -0.385. The zero-order valence-corrected chi connectivity index (χ0v) is 14.5. The van der Waals surface area contributed by atoms with Crippen molar-refractivity contribution in [2.45, 2.75) is 19.8 Å². The summed E-state index contributed by atoms with van der Waals surface area (Å²) in [6, 6.07) is 9.84. The van der Waals surface area contributed by atoms with Crippen LogP contribution in [0.15, 0.2) is 36.4 Å². The zero-order valence-electron chi connectivity index (χ0n) is 14.5. The van der Waals surface area contributed by atoms with Gasteiger partial charge >= 0.3 is 0 Å². The number of para-hydroxylation sites is 1. The molecule has 132 valence electrons. The number of nitrogens with one attached hydrogen (secondary N) is 1. The van der Waals surface area contributed by atoms with Crippen LogP contribution in [-0.4, -0.2) is 25.1 Å². The normalized spacial score (nSPS) is 10.4. The highest BCUT2D eigenvalue weighted by molar-refractivity contribution is 6.08. The van der Waals surface area contributed by atoms with E-state index in [0.717, 1.165) is 5.56 Å². The van der Waals surface area contributed by atoms with Gasteiger partial charge in [0, 0.05) is 11.8 Å². The molecule has 0 radical (unpaired) electrons. The van der Waals surface area contributed by atoms with Crippen LogP contribution in [0.25, 0.3) is 0 Å². The van der Waals surface area contributed by atoms with Crippen molar-refractivity contribution in [2.24, 2.45) is 0 Å². The summed E-state index contributed by atoms with van der Waals surface area (Å²) < 4.78 is 10.2. The molecule has 0 bridgehead atoms. The van der Waals surface area contributed by atoms with Gasteiger partial charge in [-0.2, -0.15) is 0 Å². The number of methoxy groups -OCH3 is 2. The molecule has 0 heterocycles. The van der Waals surface area contributed by atoms with Crippen LogP contribution in [0.2, 0.25) is 0 Å². The van der Waals surface area contributed by atoms with Crippen molar-refractivity contribution in [2.75, 3.05) is 19.5 Å². The summed E-state index contributed by atoms with van der Waals surface area (Å²) in [5.41, 5.74) is 1.11. The summed E-state index contributed by atoms with van der Waals surface area (Å²) in [7, 11) is 2.78. The van der Waals surface area contributed by atoms with Gasteiger partial charge in [-0.1, -0.05) is 32.0 Å². The van der Waals surface area contributed by atoms with Gasteiger partial charge in [-0.15, -0.1) is 0 Å². The Kier molecular flexibility index (Phi) is 5.59. The molecule has 0 fully saturated rings. The van der Waals surface area contributed by atoms with E-state index in [1.165, 1.54) is 26.4 Å². The lowest BCUT2D eigenvalue weighted by atomic mass is 10.0. The second-order valence-corrected chi connectivity index (χ2v) is 5.68. The van der Waals surface area contributed by atoms with Crippen molar-refractivity contribution in [1.82, 2.24) is 0 Å². The number of nitrogens with zero attached hydrogens (tertiary/aromatic N) is 1. The first-order valence-electron chi connectivity index (χ1n) is 7.69. The van der Waals surface area contributed by atoms with Crippen LogP contribution in [0.3, 0.4) is 0 Å². The molecule has 0 aliphatic rings. The molecule has 0 aliphatic heterocycles. The molecule has 0 spiro atoms. The van der Waals surface area contributed by atoms with Gasteiger partial charge < -0.3 is 14.8 Å². The number of amides is 1. The monoisotopic (exact) mass is 344 g/mol. The summed E-state index contributed by atoms with van der Waals surface area (Å²) in [6.45, 7) is 4.01. The molecule has 7 heteroatoms. The third-order valence-electron chi connectivity index (χ3n) is 3.77. The number of benzene rings is 2. The second-order valence-electron chi connectivity index (χ2n) is 5.68. The summed E-state index contributed by atoms with van der Waals surface area (Å²) in [4.78, 5) is 23.4. The molecule has 7 nitrogen and oxygen atoms in total. The number of nitro benzene ring substituents is 1. The first-order valence-corrected chi connectivity index (χ1v) is 7.69. The first-order chi connectivity index (χ1) is 11.9. The predicted molar refractivity (Wildman–Crippen MR) is 94.7 cm³/mol. The Balaban J connectivity index is 2.47. The molecular weight excluding hydrogens is 324 g/mol. The number of carbonyl (C=O) groups is 1. The van der Waals surface area contributed by atoms with Crippen molar-refractivity contribution in [3.05, 3.63) is 57.6 Å². The molecule has 0 atom stereocenters. The third-order valence-corrected chi connectivity index (χ3v) is 3.77. The van der Waals surface area contributed by atoms with Crippen molar-refractivity contribution in [1.29, 1.82) is 0 Å². The first kappa shape index (κ1) is 18.3. The minimum absolute atomic E-state index is 0.0961. The lowest BCUT2D eigenvalue weighted by Crippen LogP contribution is -2.16. The number of nitro groups is 1. The van der Waals surface area contributed by atoms with E-state index in [2.05, 4.69) is 5.32 Å². The summed E-state index contributed by atoms with van der Waals surface area (Å²) >= 11 is 0. The molecule has 25 heavy (non-hydrogen) atoms. The number of anilines is 1. The van der Waals surface area contributed by atoms with Gasteiger partial charge in [-0.05, 0) is 17.5 Å². The van der Waals surface area contributed by atoms with E-state index < -0.39 is 10.8 Å². The summed E-state index contributed by atoms with van der Waals surface area (Å²) in [6.07, 6.45) is 0. The fraction of sp³-hybridized carbons (Fsp3) is 0.278. The molecular formula is C18H20N2O5. The molecule has 0 aliphatic carbocycles. The van der Waals surface area contributed by atoms with Crippen molar-refractivity contribution in [3.8, 4) is 11.5 Å². The van der Waals surface area contributed by atoms with E-state index in [4.69, 9.17) is 9.47 Å². The Bertz CT molecular complexity index is 802. The standard InChI is InChI=1S/C18H20N2O5/c1-11(2)12-7-5-6-8-14(12)19-18(21)13-9-16(24-3)17(25-4)10-15(13)20(22)23/h5-11H,1-4H3,(H,19,21). The van der Waals surface area contributed by atoms with Crippen LogP contribution in [0, 0.1) is 10.1 Å². The predicted octanol–water partition coefficient (Wildman–Crippen LogP) is 3.99. The van der Waals surface area contributed by atoms with E-state index >= 15 is 0 Å². The van der Waals surface area contributed by atoms with Gasteiger partial charge in [0.2, 0.25) is 0 Å². The van der Waals surface area contributed by atoms with Gasteiger partial charge in [0.05, 0.1) is 25.2 Å². The molecule has 0 saturated carbocycles. The number of hydrogen-bond donors (Lipinski definition) is 1. The Morgan fingerprint density at radius 2 is 1.72 bits per heavy atom. The number of ether oxygens (including phenoxy) is 2. The maximum atomic E-state index is 12.7. The quantitative estimate of drug-likeness (QED) is 0.632. The zero-order chi connectivity index (χ0) is 18.6. The van der Waals surface area contributed by atoms with E-state index in [1.54, 1.807) is 12.1 Å². The summed E-state index contributed by atoms with van der Waals surface area (Å²) in [5.74, 6) is 0.0429. The van der Waals surface area contributed by atoms with E-state index in [-0.39, 0.29) is 28.7 Å². The van der Waals surface area contributed by atoms with E-state index in [9.17, 15) is 14.9 Å². The molecule has 1 amide bonds. The van der Waals surface area contributed by atoms with Gasteiger partial charge in [0.1, 0.15) is 5.56 Å². The number of hydrogen-bond acceptors (Lipinski definition) is 5. The average molecular weight is 344 g/mol. The molecule has 0 aromatic heterocycles. The van der Waals surface area contributed by atoms with Gasteiger partial charge in [-0.3, -0.25) is 14.9 Å². The van der Waals surface area contributed by atoms with Crippen LogP contribution in [-0.2, 0) is 0 Å². The topological polar surface area (TPSA) is 90.7 Å². The Labute approximate surface area is 145 Å². The second kappa shape index (κ2) is 7.65. The fourth-order valence-electron chi connectivity index (χ4n) is 2.51. The van der Waals surface area contributed by atoms with Crippen molar-refractivity contribution < 1.29 is 19.2 Å². The molecule has 2 aromatic rings. The Morgan fingerprint density at radius 1 is 1.12 bits per heavy atom. The molecule has 0 unspecified atom stereocenters. The Hall–Kier alpha value is -3.09. The van der Waals surface area contributed by atoms with Crippen molar-refractivity contribution >= 4 is 17.3 Å². The molecule has 1 N–H and O–H groups in total. The maximum absolute atomic E-state index is 12.7. The largest absolute Gasteiger partial charge is 0.493 e. The fourth-order valence-corrected chi connectivity index (χ4v) is 2.51. The minimum Gasteiger partial charge on any atom is -0.493 e. The van der Waals surface area contributed by atoms with Gasteiger partial charge in [-0.25, -0.2) is 0 Å². The average Bonchev–Trinajstić information content (AvgIpc) is 2.60. The van der Waals surface area contributed by atoms with Gasteiger partial charge in [0.25, 0.3) is 11.6 Å². The molecule has 2 rings (SSSR count). The van der Waals surface area contributed by atoms with E-state index in [1.807, 2.05) is 26.0 Å². The van der Waals surface area contributed by atoms with Gasteiger partial charge in [0.15, 0.2) is 11.5 Å². The maximum Gasteiger partial charge on any atom is 0.286 e. The van der Waals surface area contributed by atoms with Crippen LogP contribution in [0.4, 0.5) is 11.4 Å². The van der Waals surface area contributed by atoms with Crippen LogP contribution in [0.5, 0.6) is 11.5 Å². The highest BCUT2D eigenvalue weighted by Gasteiger charge is 2.25. The Morgan fingerprint density at radius 3 is 2.28 bits per heavy atom.